The van der Waals surface area contributed by atoms with E-state index in [4.69, 9.17) is 0 Å². The summed E-state index contributed by atoms with van der Waals surface area (Å²) in [7, 11) is 0. The second kappa shape index (κ2) is 6.91. The second-order valence-corrected chi connectivity index (χ2v) is 5.51. The quantitative estimate of drug-likeness (QED) is 0.812. The molecule has 1 aliphatic carbocycles. The Morgan fingerprint density at radius 1 is 1.11 bits per heavy atom. The van der Waals surface area contributed by atoms with Crippen LogP contribution in [0.3, 0.4) is 0 Å². The van der Waals surface area contributed by atoms with Crippen LogP contribution in [0, 0.1) is 5.92 Å². The summed E-state index contributed by atoms with van der Waals surface area (Å²) in [4.78, 5) is 0. The minimum absolute atomic E-state index is 0.119. The molecule has 2 unspecified atom stereocenters. The van der Waals surface area contributed by atoms with Crippen LogP contribution in [-0.2, 0) is 6.42 Å². The highest BCUT2D eigenvalue weighted by atomic mass is 16.3. The average molecular weight is 248 g/mol. The van der Waals surface area contributed by atoms with E-state index in [2.05, 4.69) is 12.1 Å². The smallest absolute Gasteiger partial charge is 0.0568 e. The number of aliphatic hydroxyl groups excluding tert-OH is 2. The van der Waals surface area contributed by atoms with Gasteiger partial charge < -0.3 is 10.2 Å². The Kier molecular flexibility index (Phi) is 5.21. The summed E-state index contributed by atoms with van der Waals surface area (Å²) in [5, 5.41) is 19.7. The summed E-state index contributed by atoms with van der Waals surface area (Å²) >= 11 is 0. The summed E-state index contributed by atoms with van der Waals surface area (Å²) < 4.78 is 0. The number of hydrogen-bond acceptors (Lipinski definition) is 2. The maximum Gasteiger partial charge on any atom is 0.0568 e. The third-order valence-corrected chi connectivity index (χ3v) is 4.10. The van der Waals surface area contributed by atoms with E-state index in [9.17, 15) is 10.2 Å². The first-order chi connectivity index (χ1) is 8.75. The molecule has 2 heteroatoms. The molecule has 0 radical (unpaired) electrons. The molecule has 100 valence electrons. The molecule has 2 rings (SSSR count). The Morgan fingerprint density at radius 3 is 2.56 bits per heavy atom. The highest BCUT2D eigenvalue weighted by Gasteiger charge is 2.25. The van der Waals surface area contributed by atoms with Crippen LogP contribution in [0.1, 0.15) is 44.1 Å². The van der Waals surface area contributed by atoms with Crippen molar-refractivity contribution in [2.75, 3.05) is 0 Å². The van der Waals surface area contributed by atoms with Crippen LogP contribution in [0.25, 0.3) is 0 Å². The molecule has 1 fully saturated rings. The largest absolute Gasteiger partial charge is 0.393 e. The van der Waals surface area contributed by atoms with Crippen molar-refractivity contribution in [3.05, 3.63) is 35.9 Å². The number of aliphatic hydroxyl groups is 2. The fraction of sp³-hybridized carbons (Fsp3) is 0.625. The molecule has 0 spiro atoms. The molecule has 1 saturated carbocycles. The number of benzene rings is 1. The van der Waals surface area contributed by atoms with Crippen LogP contribution in [0.5, 0.6) is 0 Å². The van der Waals surface area contributed by atoms with E-state index < -0.39 is 0 Å². The van der Waals surface area contributed by atoms with E-state index in [0.717, 1.165) is 44.9 Å². The molecular weight excluding hydrogens is 224 g/mol. The molecule has 1 aliphatic rings. The van der Waals surface area contributed by atoms with Gasteiger partial charge in [-0.1, -0.05) is 36.8 Å². The Morgan fingerprint density at radius 2 is 1.89 bits per heavy atom. The highest BCUT2D eigenvalue weighted by Crippen LogP contribution is 2.29. The Bertz CT molecular complexity index is 336. The van der Waals surface area contributed by atoms with Gasteiger partial charge in [-0.25, -0.2) is 0 Å². The van der Waals surface area contributed by atoms with Crippen molar-refractivity contribution in [3.8, 4) is 0 Å². The average Bonchev–Trinajstić information content (AvgIpc) is 2.81. The van der Waals surface area contributed by atoms with Gasteiger partial charge in [-0.3, -0.25) is 0 Å². The van der Waals surface area contributed by atoms with Crippen molar-refractivity contribution in [1.29, 1.82) is 0 Å². The van der Waals surface area contributed by atoms with Crippen LogP contribution in [0.2, 0.25) is 0 Å². The molecule has 3 atom stereocenters. The van der Waals surface area contributed by atoms with Crippen molar-refractivity contribution in [2.45, 2.75) is 57.2 Å². The lowest BCUT2D eigenvalue weighted by atomic mass is 9.95. The van der Waals surface area contributed by atoms with Crippen LogP contribution >= 0.6 is 0 Å². The normalized spacial score (nSPS) is 25.2. The Balaban J connectivity index is 1.64. The van der Waals surface area contributed by atoms with Crippen molar-refractivity contribution in [2.24, 2.45) is 5.92 Å². The van der Waals surface area contributed by atoms with Gasteiger partial charge in [-0.05, 0) is 50.0 Å². The lowest BCUT2D eigenvalue weighted by molar-refractivity contribution is 0.102. The van der Waals surface area contributed by atoms with E-state index >= 15 is 0 Å². The highest BCUT2D eigenvalue weighted by molar-refractivity contribution is 5.14. The zero-order valence-corrected chi connectivity index (χ0v) is 11.0. The van der Waals surface area contributed by atoms with Gasteiger partial charge in [0.25, 0.3) is 0 Å². The van der Waals surface area contributed by atoms with E-state index in [1.54, 1.807) is 0 Å². The summed E-state index contributed by atoms with van der Waals surface area (Å²) in [5.41, 5.74) is 1.29. The lowest BCUT2D eigenvalue weighted by Gasteiger charge is -2.16. The van der Waals surface area contributed by atoms with Crippen LogP contribution in [-0.4, -0.2) is 22.4 Å². The molecule has 0 amide bonds. The van der Waals surface area contributed by atoms with Gasteiger partial charge in [0.15, 0.2) is 0 Å². The van der Waals surface area contributed by atoms with Gasteiger partial charge >= 0.3 is 0 Å². The van der Waals surface area contributed by atoms with Gasteiger partial charge in [-0.2, -0.15) is 0 Å². The van der Waals surface area contributed by atoms with Crippen LogP contribution in [0.15, 0.2) is 30.3 Å². The first-order valence-corrected chi connectivity index (χ1v) is 7.16. The molecule has 2 nitrogen and oxygen atoms in total. The predicted octanol–water partition coefficient (Wildman–Crippen LogP) is 2.92. The van der Waals surface area contributed by atoms with Gasteiger partial charge in [0.1, 0.15) is 0 Å². The van der Waals surface area contributed by atoms with Crippen molar-refractivity contribution < 1.29 is 10.2 Å². The first kappa shape index (κ1) is 13.6. The third-order valence-electron chi connectivity index (χ3n) is 4.10. The second-order valence-electron chi connectivity index (χ2n) is 5.51. The SMILES string of the molecule is OC(CCc1ccccc1)CCC1CCC[C@H]1O. The number of rotatable bonds is 6. The zero-order chi connectivity index (χ0) is 12.8. The fourth-order valence-corrected chi connectivity index (χ4v) is 2.88. The fourth-order valence-electron chi connectivity index (χ4n) is 2.88. The van der Waals surface area contributed by atoms with Crippen molar-refractivity contribution >= 4 is 0 Å². The van der Waals surface area contributed by atoms with E-state index in [-0.39, 0.29) is 12.2 Å². The Labute approximate surface area is 110 Å². The van der Waals surface area contributed by atoms with Gasteiger partial charge in [0.2, 0.25) is 0 Å². The molecule has 0 heterocycles. The zero-order valence-electron chi connectivity index (χ0n) is 11.0. The molecule has 0 saturated heterocycles. The summed E-state index contributed by atoms with van der Waals surface area (Å²) in [5.74, 6) is 0.427. The standard InChI is InChI=1S/C16H24O2/c17-15(11-9-13-5-2-1-3-6-13)12-10-14-7-4-8-16(14)18/h1-3,5-6,14-18H,4,7-12H2/t14?,15?,16-/m1/s1. The predicted molar refractivity (Wildman–Crippen MR) is 73.4 cm³/mol. The summed E-state index contributed by atoms with van der Waals surface area (Å²) in [6.07, 6.45) is 6.45. The minimum atomic E-state index is -0.224. The number of hydrogen-bond donors (Lipinski definition) is 2. The molecule has 1 aromatic rings. The molecule has 2 N–H and O–H groups in total. The number of aryl methyl sites for hydroxylation is 1. The first-order valence-electron chi connectivity index (χ1n) is 7.16. The maximum absolute atomic E-state index is 9.98. The minimum Gasteiger partial charge on any atom is -0.393 e. The van der Waals surface area contributed by atoms with E-state index in [1.165, 1.54) is 5.56 Å². The van der Waals surface area contributed by atoms with Gasteiger partial charge in [-0.15, -0.1) is 0 Å². The molecule has 1 aromatic carbocycles. The van der Waals surface area contributed by atoms with Crippen molar-refractivity contribution in [3.63, 3.8) is 0 Å². The monoisotopic (exact) mass is 248 g/mol. The van der Waals surface area contributed by atoms with E-state index in [0.29, 0.717) is 5.92 Å². The summed E-state index contributed by atoms with van der Waals surface area (Å²) in [6, 6.07) is 10.3. The molecular formula is C16H24O2. The lowest BCUT2D eigenvalue weighted by Crippen LogP contribution is -2.16. The topological polar surface area (TPSA) is 40.5 Å². The molecule has 0 aliphatic heterocycles. The molecule has 0 bridgehead atoms. The molecule has 0 aromatic heterocycles. The van der Waals surface area contributed by atoms with Crippen LogP contribution in [0.4, 0.5) is 0 Å². The van der Waals surface area contributed by atoms with Gasteiger partial charge in [0.05, 0.1) is 12.2 Å². The molecule has 18 heavy (non-hydrogen) atoms. The van der Waals surface area contributed by atoms with Gasteiger partial charge in [0, 0.05) is 0 Å². The third kappa shape index (κ3) is 4.11. The van der Waals surface area contributed by atoms with Crippen molar-refractivity contribution in [1.82, 2.24) is 0 Å². The Hall–Kier alpha value is -0.860. The van der Waals surface area contributed by atoms with E-state index in [1.807, 2.05) is 18.2 Å². The maximum atomic E-state index is 9.98. The summed E-state index contributed by atoms with van der Waals surface area (Å²) in [6.45, 7) is 0. The van der Waals surface area contributed by atoms with Crippen LogP contribution < -0.4 is 0 Å².